The van der Waals surface area contributed by atoms with Crippen LogP contribution in [-0.4, -0.2) is 107 Å². The van der Waals surface area contributed by atoms with Gasteiger partial charge in [-0.1, -0.05) is 44.7 Å². The first kappa shape index (κ1) is 42.8. The Labute approximate surface area is 333 Å². The summed E-state index contributed by atoms with van der Waals surface area (Å²) in [6.07, 6.45) is 6.82. The van der Waals surface area contributed by atoms with Crippen molar-refractivity contribution in [2.75, 3.05) is 20.1 Å². The van der Waals surface area contributed by atoms with Crippen molar-refractivity contribution in [1.29, 1.82) is 0 Å². The normalized spacial score (nSPS) is 23.5. The van der Waals surface area contributed by atoms with Gasteiger partial charge in [-0.25, -0.2) is 4.79 Å². The fourth-order valence-corrected chi connectivity index (χ4v) is 8.86. The summed E-state index contributed by atoms with van der Waals surface area (Å²) in [5, 5.41) is 12.4. The minimum absolute atomic E-state index is 0.122. The van der Waals surface area contributed by atoms with Gasteiger partial charge in [-0.15, -0.1) is 11.3 Å². The number of alkyl carbamates (subject to hydrolysis) is 1. The van der Waals surface area contributed by atoms with E-state index in [1.165, 1.54) is 34.4 Å². The maximum absolute atomic E-state index is 14.6. The molecule has 0 spiro atoms. The second-order valence-electron chi connectivity index (χ2n) is 17.2. The molecule has 0 radical (unpaired) electrons. The zero-order valence-electron chi connectivity index (χ0n) is 33.4. The Kier molecular flexibility index (Phi) is 13.7. The van der Waals surface area contributed by atoms with E-state index in [9.17, 15) is 33.6 Å². The van der Waals surface area contributed by atoms with Crippen molar-refractivity contribution in [3.05, 3.63) is 35.2 Å². The van der Waals surface area contributed by atoms with Crippen molar-refractivity contribution < 1.29 is 43.0 Å². The van der Waals surface area contributed by atoms with E-state index in [0.29, 0.717) is 11.3 Å². The van der Waals surface area contributed by atoms with E-state index in [-0.39, 0.29) is 24.8 Å². The number of likely N-dealkylation sites (tertiary alicyclic amines) is 1. The third kappa shape index (κ3) is 11.0. The summed E-state index contributed by atoms with van der Waals surface area (Å²) in [5.74, 6) is -4.53. The molecule has 1 aromatic heterocycles. The van der Waals surface area contributed by atoms with Gasteiger partial charge in [0.05, 0.1) is 24.3 Å². The van der Waals surface area contributed by atoms with Crippen molar-refractivity contribution in [3.63, 3.8) is 0 Å². The largest absolute Gasteiger partial charge is 0.444 e. The van der Waals surface area contributed by atoms with Crippen molar-refractivity contribution >= 4 is 52.7 Å². The van der Waals surface area contributed by atoms with Crippen LogP contribution in [0, 0.1) is 17.8 Å². The van der Waals surface area contributed by atoms with E-state index in [1.54, 1.807) is 38.3 Å². The first-order valence-corrected chi connectivity index (χ1v) is 20.6. The molecule has 5 rings (SSSR count). The van der Waals surface area contributed by atoms with E-state index in [2.05, 4.69) is 27.8 Å². The molecule has 2 aliphatic heterocycles. The van der Waals surface area contributed by atoms with Gasteiger partial charge in [0.25, 0.3) is 11.8 Å². The number of rotatable bonds is 15. The smallest absolute Gasteiger partial charge is 0.408 e. The van der Waals surface area contributed by atoms with Gasteiger partial charge in [-0.2, -0.15) is 0 Å². The number of carbonyl (C=O) groups is 7. The minimum Gasteiger partial charge on any atom is -0.444 e. The fraction of sp³-hybridized carbons (Fsp3) is 0.675. The highest BCUT2D eigenvalue weighted by Gasteiger charge is 2.56. The van der Waals surface area contributed by atoms with Crippen LogP contribution in [0.4, 0.5) is 4.79 Å². The number of ketones is 1. The number of nitrogens with zero attached hydrogens (tertiary/aromatic N) is 2. The average molecular weight is 799 g/mol. The van der Waals surface area contributed by atoms with Crippen LogP contribution in [0.3, 0.4) is 0 Å². The lowest BCUT2D eigenvalue weighted by molar-refractivity contribution is -0.145. The molecule has 1 unspecified atom stereocenters. The van der Waals surface area contributed by atoms with E-state index in [1.807, 2.05) is 13.8 Å². The van der Waals surface area contributed by atoms with Crippen molar-refractivity contribution in [2.24, 2.45) is 17.8 Å². The first-order chi connectivity index (χ1) is 26.4. The Morgan fingerprint density at radius 3 is 2.36 bits per heavy atom. The van der Waals surface area contributed by atoms with Crippen LogP contribution >= 0.6 is 11.3 Å². The number of thiophene rings is 1. The van der Waals surface area contributed by atoms with Gasteiger partial charge in [-0.3, -0.25) is 28.8 Å². The quantitative estimate of drug-likeness (QED) is 0.193. The lowest BCUT2D eigenvalue weighted by Crippen LogP contribution is -2.59. The van der Waals surface area contributed by atoms with Gasteiger partial charge in [-0.05, 0) is 89.8 Å². The molecule has 2 saturated heterocycles. The molecular weight excluding hydrogens is 741 g/mol. The second-order valence-corrected chi connectivity index (χ2v) is 18.2. The molecule has 15 nitrogen and oxygen atoms in total. The number of Topliss-reactive ketones (excluding diaryl/α,β-unsaturated/α-hetero) is 1. The summed E-state index contributed by atoms with van der Waals surface area (Å²) in [5.41, 5.74) is -1.34. The average Bonchev–Trinajstić information content (AvgIpc) is 3.51. The molecule has 56 heavy (non-hydrogen) atoms. The number of nitrogens with one attached hydrogen (secondary N) is 4. The highest BCUT2D eigenvalue weighted by atomic mass is 32.1. The molecule has 0 aromatic carbocycles. The van der Waals surface area contributed by atoms with Gasteiger partial charge in [0.1, 0.15) is 23.7 Å². The van der Waals surface area contributed by atoms with Crippen LogP contribution in [0.1, 0.15) is 103 Å². The molecule has 3 heterocycles. The zero-order valence-corrected chi connectivity index (χ0v) is 34.2. The van der Waals surface area contributed by atoms with Crippen LogP contribution in [-0.2, 0) is 38.2 Å². The van der Waals surface area contributed by atoms with Crippen molar-refractivity contribution in [3.8, 4) is 0 Å². The number of likely N-dealkylation sites (N-methyl/N-ethyl adjacent to an activating group) is 1. The van der Waals surface area contributed by atoms with Crippen molar-refractivity contribution in [1.82, 2.24) is 31.1 Å². The minimum atomic E-state index is -1.21. The standard InChI is InChI=1S/C40H58N6O9S/c1-8-45(7)36(51)31(28-15-12-18-56-28)43-29(47)21-41-35(50)33(48)26(19-23-16-17-23)42-34(49)32-25-20-40(5,6)54-27(25)22-46(32)37(52)30(24-13-10-9-11-14-24)44-38(53)55-39(2,3)4/h8,12,15,18,23-27,30-32H,1,9-11,13-14,16-17,19-22H2,2-7H3,(H,41,50)(H,42,49)(H,43,47)(H,44,53)/t25-,26-,27-,30-,31-,32?/m0/s1. The SMILES string of the molecule is C=CN(C)C(=O)[C@@H](NC(=O)CNC(=O)C(=O)[C@H](CC1CC1)NC(=O)C1[C@H]2CC(C)(C)O[C@H]2CN1C(=O)[C@@H](NC(=O)OC(C)(C)C)C1CCCCC1)c1cccs1. The molecule has 16 heteroatoms. The summed E-state index contributed by atoms with van der Waals surface area (Å²) >= 11 is 1.28. The highest BCUT2D eigenvalue weighted by molar-refractivity contribution is 7.10. The number of ether oxygens (including phenoxy) is 2. The number of hydrogen-bond acceptors (Lipinski definition) is 10. The molecule has 4 fully saturated rings. The summed E-state index contributed by atoms with van der Waals surface area (Å²) < 4.78 is 11.9. The third-order valence-corrected chi connectivity index (χ3v) is 11.9. The van der Waals surface area contributed by atoms with Crippen molar-refractivity contribution in [2.45, 2.75) is 134 Å². The summed E-state index contributed by atoms with van der Waals surface area (Å²) in [7, 11) is 1.51. The molecular formula is C40H58N6O9S. The first-order valence-electron chi connectivity index (χ1n) is 19.7. The van der Waals surface area contributed by atoms with E-state index >= 15 is 0 Å². The summed E-state index contributed by atoms with van der Waals surface area (Å²) in [6, 6.07) is -0.745. The molecule has 2 aliphatic carbocycles. The van der Waals surface area contributed by atoms with Gasteiger partial charge >= 0.3 is 6.09 Å². The lowest BCUT2D eigenvalue weighted by atomic mass is 9.83. The van der Waals surface area contributed by atoms with Crippen LogP contribution in [0.5, 0.6) is 0 Å². The predicted molar refractivity (Wildman–Crippen MR) is 208 cm³/mol. The maximum Gasteiger partial charge on any atom is 0.408 e. The molecule has 6 amide bonds. The highest BCUT2D eigenvalue weighted by Crippen LogP contribution is 2.44. The van der Waals surface area contributed by atoms with Crippen LogP contribution in [0.25, 0.3) is 0 Å². The van der Waals surface area contributed by atoms with Crippen LogP contribution in [0.15, 0.2) is 30.3 Å². The molecule has 4 N–H and O–H groups in total. The fourth-order valence-electron chi connectivity index (χ4n) is 8.09. The van der Waals surface area contributed by atoms with Crippen LogP contribution < -0.4 is 21.3 Å². The zero-order chi connectivity index (χ0) is 40.9. The Bertz CT molecular complexity index is 1650. The summed E-state index contributed by atoms with van der Waals surface area (Å²) in [6.45, 7) is 12.2. The molecule has 2 saturated carbocycles. The van der Waals surface area contributed by atoms with E-state index < -0.39 is 95.3 Å². The maximum atomic E-state index is 14.6. The Morgan fingerprint density at radius 2 is 1.75 bits per heavy atom. The van der Waals surface area contributed by atoms with Crippen LogP contribution in [0.2, 0.25) is 0 Å². The number of carbonyl (C=O) groups excluding carboxylic acids is 7. The Morgan fingerprint density at radius 1 is 1.05 bits per heavy atom. The van der Waals surface area contributed by atoms with Gasteiger partial charge in [0, 0.05) is 24.4 Å². The number of amides is 6. The molecule has 1 aromatic rings. The van der Waals surface area contributed by atoms with Gasteiger partial charge < -0.3 is 40.5 Å². The van der Waals surface area contributed by atoms with E-state index in [4.69, 9.17) is 9.47 Å². The molecule has 308 valence electrons. The van der Waals surface area contributed by atoms with Gasteiger partial charge in [0.15, 0.2) is 0 Å². The predicted octanol–water partition coefficient (Wildman–Crippen LogP) is 3.35. The Hall–Kier alpha value is -4.31. The monoisotopic (exact) mass is 798 g/mol. The topological polar surface area (TPSA) is 193 Å². The molecule has 6 atom stereocenters. The number of hydrogen-bond donors (Lipinski definition) is 4. The third-order valence-electron chi connectivity index (χ3n) is 10.9. The van der Waals surface area contributed by atoms with E-state index in [0.717, 1.165) is 44.9 Å². The number of fused-ring (bicyclic) bond motifs is 1. The van der Waals surface area contributed by atoms with Gasteiger partial charge in [0.2, 0.25) is 23.5 Å². The molecule has 0 bridgehead atoms. The molecule has 4 aliphatic rings. The lowest BCUT2D eigenvalue weighted by Gasteiger charge is -2.36. The Balaban J connectivity index is 1.30. The second kappa shape index (κ2) is 17.9. The summed E-state index contributed by atoms with van der Waals surface area (Å²) in [4.78, 5) is 98.3.